The van der Waals surface area contributed by atoms with Gasteiger partial charge in [-0.25, -0.2) is 0 Å². The summed E-state index contributed by atoms with van der Waals surface area (Å²) in [5, 5.41) is 7.32. The van der Waals surface area contributed by atoms with Gasteiger partial charge in [0.05, 0.1) is 5.69 Å². The smallest absolute Gasteiger partial charge is 0.241 e. The Kier molecular flexibility index (Phi) is 5.39. The maximum atomic E-state index is 12.0. The zero-order chi connectivity index (χ0) is 15.4. The van der Waals surface area contributed by atoms with Crippen LogP contribution in [-0.4, -0.2) is 46.8 Å². The third-order valence-electron chi connectivity index (χ3n) is 4.09. The summed E-state index contributed by atoms with van der Waals surface area (Å²) in [6, 6.07) is 1.99. The van der Waals surface area contributed by atoms with Crippen LogP contribution in [0.4, 0.5) is 0 Å². The van der Waals surface area contributed by atoms with E-state index in [4.69, 9.17) is 0 Å². The fraction of sp³-hybridized carbons (Fsp3) is 0.750. The van der Waals surface area contributed by atoms with E-state index in [0.717, 1.165) is 49.4 Å². The highest BCUT2D eigenvalue weighted by molar-refractivity contribution is 5.75. The number of piperidine rings is 1. The summed E-state index contributed by atoms with van der Waals surface area (Å²) in [7, 11) is 0. The van der Waals surface area contributed by atoms with E-state index in [9.17, 15) is 4.79 Å². The number of carbonyl (C=O) groups is 1. The van der Waals surface area contributed by atoms with E-state index in [1.54, 1.807) is 4.68 Å². The second-order valence-corrected chi connectivity index (χ2v) is 6.64. The molecule has 2 heterocycles. The second-order valence-electron chi connectivity index (χ2n) is 6.64. The predicted octanol–water partition coefficient (Wildman–Crippen LogP) is 1.59. The van der Waals surface area contributed by atoms with Gasteiger partial charge in [-0.1, -0.05) is 13.8 Å². The average molecular weight is 292 g/mol. The first kappa shape index (κ1) is 16.0. The summed E-state index contributed by atoms with van der Waals surface area (Å²) < 4.78 is 1.76. The van der Waals surface area contributed by atoms with Crippen molar-refractivity contribution in [2.24, 2.45) is 11.8 Å². The number of hydrogen-bond acceptors (Lipinski definition) is 3. The molecule has 1 fully saturated rings. The van der Waals surface area contributed by atoms with Crippen molar-refractivity contribution >= 4 is 5.91 Å². The fourth-order valence-electron chi connectivity index (χ4n) is 3.35. The number of hydrogen-bond donors (Lipinski definition) is 1. The maximum Gasteiger partial charge on any atom is 0.241 e. The van der Waals surface area contributed by atoms with Gasteiger partial charge in [-0.3, -0.25) is 9.48 Å². The zero-order valence-electron chi connectivity index (χ0n) is 13.7. The van der Waals surface area contributed by atoms with Crippen LogP contribution in [0, 0.1) is 25.7 Å². The molecular weight excluding hydrogens is 264 g/mol. The van der Waals surface area contributed by atoms with Crippen molar-refractivity contribution in [1.29, 1.82) is 0 Å². The summed E-state index contributed by atoms with van der Waals surface area (Å²) in [6.07, 6.45) is 1.32. The first-order chi connectivity index (χ1) is 9.94. The zero-order valence-corrected chi connectivity index (χ0v) is 13.7. The minimum Gasteiger partial charge on any atom is -0.353 e. The largest absolute Gasteiger partial charge is 0.353 e. The molecule has 1 aliphatic rings. The van der Waals surface area contributed by atoms with Gasteiger partial charge < -0.3 is 10.2 Å². The van der Waals surface area contributed by atoms with Gasteiger partial charge in [0.15, 0.2) is 0 Å². The van der Waals surface area contributed by atoms with Crippen LogP contribution >= 0.6 is 0 Å². The number of aryl methyl sites for hydroxylation is 2. The van der Waals surface area contributed by atoms with Crippen LogP contribution in [0.3, 0.4) is 0 Å². The minimum absolute atomic E-state index is 0.0410. The third-order valence-corrected chi connectivity index (χ3v) is 4.09. The molecule has 0 aromatic carbocycles. The predicted molar refractivity (Wildman–Crippen MR) is 84.1 cm³/mol. The maximum absolute atomic E-state index is 12.0. The van der Waals surface area contributed by atoms with Crippen LogP contribution in [0.15, 0.2) is 6.07 Å². The summed E-state index contributed by atoms with van der Waals surface area (Å²) in [5.41, 5.74) is 1.98. The number of aromatic nitrogens is 2. The van der Waals surface area contributed by atoms with Gasteiger partial charge in [-0.15, -0.1) is 0 Å². The lowest BCUT2D eigenvalue weighted by Gasteiger charge is -2.34. The normalized spacial score (nSPS) is 23.2. The molecule has 0 radical (unpaired) electrons. The van der Waals surface area contributed by atoms with E-state index in [0.29, 0.717) is 6.54 Å². The van der Waals surface area contributed by atoms with E-state index >= 15 is 0 Å². The number of rotatable bonds is 5. The molecule has 2 unspecified atom stereocenters. The SMILES string of the molecule is Cc1cc(C)n(CC(=O)NCCN2CC(C)CC(C)C2)n1. The summed E-state index contributed by atoms with van der Waals surface area (Å²) in [4.78, 5) is 14.4. The van der Waals surface area contributed by atoms with Crippen molar-refractivity contribution in [3.8, 4) is 0 Å². The van der Waals surface area contributed by atoms with Crippen LogP contribution in [0.25, 0.3) is 0 Å². The first-order valence-corrected chi connectivity index (χ1v) is 7.94. The Morgan fingerprint density at radius 2 is 2.00 bits per heavy atom. The molecule has 0 aliphatic carbocycles. The molecule has 5 nitrogen and oxygen atoms in total. The van der Waals surface area contributed by atoms with Crippen LogP contribution < -0.4 is 5.32 Å². The monoisotopic (exact) mass is 292 g/mol. The molecule has 1 aromatic rings. The number of nitrogens with zero attached hydrogens (tertiary/aromatic N) is 3. The Morgan fingerprint density at radius 3 is 2.57 bits per heavy atom. The number of nitrogens with one attached hydrogen (secondary N) is 1. The van der Waals surface area contributed by atoms with Crippen molar-refractivity contribution in [3.05, 3.63) is 17.5 Å². The molecule has 1 aromatic heterocycles. The molecule has 5 heteroatoms. The molecule has 1 amide bonds. The van der Waals surface area contributed by atoms with Gasteiger partial charge in [0, 0.05) is 31.9 Å². The quantitative estimate of drug-likeness (QED) is 0.897. The number of carbonyl (C=O) groups excluding carboxylic acids is 1. The van der Waals surface area contributed by atoms with Gasteiger partial charge in [0.25, 0.3) is 0 Å². The molecule has 0 saturated carbocycles. The van der Waals surface area contributed by atoms with Crippen LogP contribution in [-0.2, 0) is 11.3 Å². The van der Waals surface area contributed by atoms with Gasteiger partial charge in [-0.2, -0.15) is 5.10 Å². The molecule has 0 bridgehead atoms. The Bertz CT molecular complexity index is 473. The highest BCUT2D eigenvalue weighted by atomic mass is 16.2. The van der Waals surface area contributed by atoms with Gasteiger partial charge in [-0.05, 0) is 38.2 Å². The van der Waals surface area contributed by atoms with Gasteiger partial charge in [0.1, 0.15) is 6.54 Å². The van der Waals surface area contributed by atoms with Crippen LogP contribution in [0.2, 0.25) is 0 Å². The van der Waals surface area contributed by atoms with E-state index in [2.05, 4.69) is 29.2 Å². The molecule has 118 valence electrons. The van der Waals surface area contributed by atoms with E-state index in [1.807, 2.05) is 19.9 Å². The standard InChI is InChI=1S/C16H28N4O/c1-12-7-13(2)10-19(9-12)6-5-17-16(21)11-20-15(4)8-14(3)18-20/h8,12-13H,5-7,9-11H2,1-4H3,(H,17,21). The fourth-order valence-corrected chi connectivity index (χ4v) is 3.35. The average Bonchev–Trinajstić information content (AvgIpc) is 2.66. The van der Waals surface area contributed by atoms with Gasteiger partial charge >= 0.3 is 0 Å². The van der Waals surface area contributed by atoms with Crippen LogP contribution in [0.5, 0.6) is 0 Å². The Hall–Kier alpha value is -1.36. The molecule has 0 spiro atoms. The highest BCUT2D eigenvalue weighted by Crippen LogP contribution is 2.20. The van der Waals surface area contributed by atoms with E-state index in [-0.39, 0.29) is 5.91 Å². The third kappa shape index (κ3) is 4.84. The van der Waals surface area contributed by atoms with Crippen molar-refractivity contribution in [2.75, 3.05) is 26.2 Å². The van der Waals surface area contributed by atoms with E-state index in [1.165, 1.54) is 6.42 Å². The van der Waals surface area contributed by atoms with E-state index < -0.39 is 0 Å². The lowest BCUT2D eigenvalue weighted by molar-refractivity contribution is -0.121. The van der Waals surface area contributed by atoms with Crippen molar-refractivity contribution in [1.82, 2.24) is 20.0 Å². The molecule has 21 heavy (non-hydrogen) atoms. The molecule has 2 rings (SSSR count). The lowest BCUT2D eigenvalue weighted by atomic mass is 9.92. The lowest BCUT2D eigenvalue weighted by Crippen LogP contribution is -2.43. The Morgan fingerprint density at radius 1 is 1.33 bits per heavy atom. The van der Waals surface area contributed by atoms with Gasteiger partial charge in [0.2, 0.25) is 5.91 Å². The molecular formula is C16H28N4O. The molecule has 1 saturated heterocycles. The minimum atomic E-state index is 0.0410. The summed E-state index contributed by atoms with van der Waals surface area (Å²) in [6.45, 7) is 12.8. The number of likely N-dealkylation sites (tertiary alicyclic amines) is 1. The number of amides is 1. The van der Waals surface area contributed by atoms with Crippen molar-refractivity contribution < 1.29 is 4.79 Å². The molecule has 1 N–H and O–H groups in total. The molecule has 2 atom stereocenters. The van der Waals surface area contributed by atoms with Crippen LogP contribution in [0.1, 0.15) is 31.7 Å². The van der Waals surface area contributed by atoms with Crippen molar-refractivity contribution in [2.45, 2.75) is 40.7 Å². The second kappa shape index (κ2) is 7.07. The summed E-state index contributed by atoms with van der Waals surface area (Å²) >= 11 is 0. The van der Waals surface area contributed by atoms with Crippen molar-refractivity contribution in [3.63, 3.8) is 0 Å². The Balaban J connectivity index is 1.71. The molecule has 1 aliphatic heterocycles. The highest BCUT2D eigenvalue weighted by Gasteiger charge is 2.21. The topological polar surface area (TPSA) is 50.2 Å². The summed E-state index contributed by atoms with van der Waals surface area (Å²) in [5.74, 6) is 1.57. The Labute approximate surface area is 127 Å². The first-order valence-electron chi connectivity index (χ1n) is 7.94.